The molecule has 1 aliphatic rings. The normalized spacial score (nSPS) is 22.5. The Morgan fingerprint density at radius 2 is 1.18 bits per heavy atom. The van der Waals surface area contributed by atoms with E-state index >= 15 is 0 Å². The third-order valence-electron chi connectivity index (χ3n) is 9.37. The fraction of sp³-hybridized carbons (Fsp3) is 0.786. The first-order valence-electron chi connectivity index (χ1n) is 20.4. The molecule has 6 N–H and O–H groups in total. The van der Waals surface area contributed by atoms with Gasteiger partial charge in [0.25, 0.3) is 0 Å². The van der Waals surface area contributed by atoms with Crippen molar-refractivity contribution in [2.75, 3.05) is 13.2 Å². The van der Waals surface area contributed by atoms with E-state index in [9.17, 15) is 30.3 Å². The number of aliphatic hydroxyl groups excluding tert-OH is 5. The fourth-order valence-corrected chi connectivity index (χ4v) is 6.07. The molecular weight excluding hydrogens is 646 g/mol. The number of nitrogens with one attached hydrogen (secondary N) is 1. The van der Waals surface area contributed by atoms with E-state index in [4.69, 9.17) is 9.47 Å². The predicted octanol–water partition coefficient (Wildman–Crippen LogP) is 7.50. The molecule has 9 heteroatoms. The van der Waals surface area contributed by atoms with E-state index in [1.165, 1.54) is 70.6 Å². The molecule has 7 unspecified atom stereocenters. The van der Waals surface area contributed by atoms with Crippen molar-refractivity contribution >= 4 is 5.91 Å². The van der Waals surface area contributed by atoms with Gasteiger partial charge in [0, 0.05) is 6.42 Å². The van der Waals surface area contributed by atoms with Crippen LogP contribution in [0.2, 0.25) is 0 Å². The lowest BCUT2D eigenvalue weighted by molar-refractivity contribution is -0.302. The fourth-order valence-electron chi connectivity index (χ4n) is 6.07. The van der Waals surface area contributed by atoms with Gasteiger partial charge in [-0.1, -0.05) is 133 Å². The van der Waals surface area contributed by atoms with E-state index in [1.807, 2.05) is 6.08 Å². The van der Waals surface area contributed by atoms with Gasteiger partial charge in [0.05, 0.1) is 25.4 Å². The summed E-state index contributed by atoms with van der Waals surface area (Å²) in [6.45, 7) is 3.60. The lowest BCUT2D eigenvalue weighted by atomic mass is 9.99. The quantitative estimate of drug-likeness (QED) is 0.0309. The van der Waals surface area contributed by atoms with Crippen LogP contribution in [0.1, 0.15) is 155 Å². The molecule has 1 heterocycles. The number of rotatable bonds is 32. The number of allylic oxidation sites excluding steroid dienone is 7. The number of aliphatic hydroxyl groups is 5. The van der Waals surface area contributed by atoms with Gasteiger partial charge < -0.3 is 40.3 Å². The van der Waals surface area contributed by atoms with Crippen LogP contribution in [0.25, 0.3) is 0 Å². The number of hydrogen-bond donors (Lipinski definition) is 6. The zero-order valence-corrected chi connectivity index (χ0v) is 32.1. The summed E-state index contributed by atoms with van der Waals surface area (Å²) in [7, 11) is 0. The summed E-state index contributed by atoms with van der Waals surface area (Å²) in [5, 5.41) is 53.8. The number of amides is 1. The minimum absolute atomic E-state index is 0.201. The zero-order chi connectivity index (χ0) is 37.4. The molecule has 0 aromatic rings. The van der Waals surface area contributed by atoms with Crippen LogP contribution < -0.4 is 5.32 Å². The third kappa shape index (κ3) is 24.2. The van der Waals surface area contributed by atoms with Crippen molar-refractivity contribution in [3.63, 3.8) is 0 Å². The average molecular weight is 722 g/mol. The van der Waals surface area contributed by atoms with Crippen LogP contribution in [0.5, 0.6) is 0 Å². The molecule has 0 radical (unpaired) electrons. The van der Waals surface area contributed by atoms with Crippen molar-refractivity contribution in [3.8, 4) is 0 Å². The highest BCUT2D eigenvalue weighted by atomic mass is 16.7. The third-order valence-corrected chi connectivity index (χ3v) is 9.37. The second-order valence-corrected chi connectivity index (χ2v) is 14.0. The van der Waals surface area contributed by atoms with E-state index in [0.29, 0.717) is 6.42 Å². The van der Waals surface area contributed by atoms with Gasteiger partial charge >= 0.3 is 0 Å². The summed E-state index contributed by atoms with van der Waals surface area (Å²) in [5.41, 5.74) is 0. The molecule has 1 rings (SSSR count). The summed E-state index contributed by atoms with van der Waals surface area (Å²) in [5.74, 6) is -0.201. The number of unbranched alkanes of at least 4 members (excludes halogenated alkanes) is 16. The molecule has 0 aromatic carbocycles. The second kappa shape index (κ2) is 32.8. The topological polar surface area (TPSA) is 149 Å². The van der Waals surface area contributed by atoms with E-state index in [1.54, 1.807) is 6.08 Å². The van der Waals surface area contributed by atoms with Crippen LogP contribution in [-0.4, -0.2) is 87.5 Å². The Labute approximate surface area is 310 Å². The molecular formula is C42H75NO8. The van der Waals surface area contributed by atoms with E-state index < -0.39 is 49.5 Å². The second-order valence-electron chi connectivity index (χ2n) is 14.0. The smallest absolute Gasteiger partial charge is 0.220 e. The predicted molar refractivity (Wildman–Crippen MR) is 207 cm³/mol. The van der Waals surface area contributed by atoms with Gasteiger partial charge in [0.1, 0.15) is 24.4 Å². The van der Waals surface area contributed by atoms with Crippen molar-refractivity contribution < 1.29 is 39.8 Å². The minimum atomic E-state index is -1.57. The molecule has 0 spiro atoms. The molecule has 1 fully saturated rings. The SMILES string of the molecule is CC/C=C/CC/C=C/CC/C=C/C(O)C(COC1OC(CO)C(O)C(O)C1O)NC(=O)CCCCCCCCC/C=C\CCCCCCCCC. The monoisotopic (exact) mass is 722 g/mol. The summed E-state index contributed by atoms with van der Waals surface area (Å²) < 4.78 is 11.1. The van der Waals surface area contributed by atoms with Gasteiger partial charge in [-0.15, -0.1) is 0 Å². The Morgan fingerprint density at radius 1 is 0.667 bits per heavy atom. The Hall–Kier alpha value is -1.85. The average Bonchev–Trinajstić information content (AvgIpc) is 3.13. The van der Waals surface area contributed by atoms with Crippen LogP contribution in [0.15, 0.2) is 48.6 Å². The summed E-state index contributed by atoms with van der Waals surface area (Å²) in [6.07, 6.45) is 33.1. The molecule has 1 aliphatic heterocycles. The highest BCUT2D eigenvalue weighted by molar-refractivity contribution is 5.76. The molecule has 0 aliphatic carbocycles. The molecule has 0 bridgehead atoms. The number of ether oxygens (including phenoxy) is 2. The van der Waals surface area contributed by atoms with E-state index in [2.05, 4.69) is 55.6 Å². The summed E-state index contributed by atoms with van der Waals surface area (Å²) in [4.78, 5) is 12.9. The first-order valence-corrected chi connectivity index (χ1v) is 20.4. The van der Waals surface area contributed by atoms with Crippen LogP contribution in [0, 0.1) is 0 Å². The first-order chi connectivity index (χ1) is 24.8. The molecule has 9 nitrogen and oxygen atoms in total. The largest absolute Gasteiger partial charge is 0.394 e. The lowest BCUT2D eigenvalue weighted by Gasteiger charge is -2.40. The van der Waals surface area contributed by atoms with E-state index in [-0.39, 0.29) is 12.5 Å². The van der Waals surface area contributed by atoms with Crippen LogP contribution in [0.4, 0.5) is 0 Å². The standard InChI is InChI=1S/C42H75NO8/c1-3-5-7-9-11-13-15-16-17-18-19-20-21-22-24-26-28-30-32-38(46)43-35(34-50-42-41(49)40(48)39(47)37(33-44)51-42)36(45)31-29-27-25-23-14-12-10-8-6-4-2/h6,8,14,17-18,23,29,31,35-37,39-42,44-45,47-49H,3-5,7,9-13,15-16,19-22,24-28,30,32-34H2,1-2H3,(H,43,46)/b8-6+,18-17-,23-14+,31-29+. The van der Waals surface area contributed by atoms with Crippen LogP contribution >= 0.6 is 0 Å². The Kier molecular flexibility index (Phi) is 30.3. The zero-order valence-electron chi connectivity index (χ0n) is 32.1. The molecule has 1 saturated heterocycles. The van der Waals surface area contributed by atoms with Crippen LogP contribution in [-0.2, 0) is 14.3 Å². The van der Waals surface area contributed by atoms with E-state index in [0.717, 1.165) is 64.2 Å². The van der Waals surface area contributed by atoms with Crippen molar-refractivity contribution in [2.45, 2.75) is 198 Å². The van der Waals surface area contributed by atoms with Gasteiger partial charge in [-0.2, -0.15) is 0 Å². The van der Waals surface area contributed by atoms with Crippen LogP contribution in [0.3, 0.4) is 0 Å². The molecule has 1 amide bonds. The van der Waals surface area contributed by atoms with Crippen molar-refractivity contribution in [3.05, 3.63) is 48.6 Å². The van der Waals surface area contributed by atoms with Crippen molar-refractivity contribution in [1.29, 1.82) is 0 Å². The Bertz CT molecular complexity index is 936. The number of hydrogen-bond acceptors (Lipinski definition) is 8. The first kappa shape index (κ1) is 47.2. The van der Waals surface area contributed by atoms with Gasteiger partial charge in [-0.05, 0) is 64.2 Å². The molecule has 0 saturated carbocycles. The highest BCUT2D eigenvalue weighted by Gasteiger charge is 2.44. The Morgan fingerprint density at radius 3 is 1.75 bits per heavy atom. The summed E-state index contributed by atoms with van der Waals surface area (Å²) in [6, 6.07) is -0.827. The van der Waals surface area contributed by atoms with Gasteiger partial charge in [0.2, 0.25) is 5.91 Å². The molecule has 7 atom stereocenters. The minimum Gasteiger partial charge on any atom is -0.394 e. The highest BCUT2D eigenvalue weighted by Crippen LogP contribution is 2.22. The maximum atomic E-state index is 12.9. The molecule has 296 valence electrons. The maximum absolute atomic E-state index is 12.9. The van der Waals surface area contributed by atoms with Gasteiger partial charge in [-0.3, -0.25) is 4.79 Å². The number of carbonyl (C=O) groups is 1. The van der Waals surface area contributed by atoms with Gasteiger partial charge in [-0.25, -0.2) is 0 Å². The maximum Gasteiger partial charge on any atom is 0.220 e. The lowest BCUT2D eigenvalue weighted by Crippen LogP contribution is -2.60. The van der Waals surface area contributed by atoms with Crippen molar-refractivity contribution in [2.24, 2.45) is 0 Å². The summed E-state index contributed by atoms with van der Waals surface area (Å²) >= 11 is 0. The number of carbonyl (C=O) groups excluding carboxylic acids is 1. The Balaban J connectivity index is 2.39. The van der Waals surface area contributed by atoms with Crippen molar-refractivity contribution in [1.82, 2.24) is 5.32 Å². The molecule has 51 heavy (non-hydrogen) atoms. The van der Waals surface area contributed by atoms with Gasteiger partial charge in [0.15, 0.2) is 6.29 Å². The molecule has 0 aromatic heterocycles.